The number of nitrogens with one attached hydrogen (secondary N) is 1. The first kappa shape index (κ1) is 14.6. The van der Waals surface area contributed by atoms with Gasteiger partial charge in [0.25, 0.3) is 5.91 Å². The number of carbonyl (C=O) groups is 1. The summed E-state index contributed by atoms with van der Waals surface area (Å²) in [4.78, 5) is 18.1. The Hall–Kier alpha value is -1.76. The van der Waals surface area contributed by atoms with Crippen molar-refractivity contribution >= 4 is 17.2 Å². The number of hydrogen-bond donors (Lipinski definition) is 2. The number of hydrazine groups is 1. The third-order valence-electron chi connectivity index (χ3n) is 2.87. The minimum atomic E-state index is -0.273. The van der Waals surface area contributed by atoms with Crippen LogP contribution in [0.2, 0.25) is 0 Å². The van der Waals surface area contributed by atoms with Crippen LogP contribution < -0.4 is 11.3 Å². The van der Waals surface area contributed by atoms with Gasteiger partial charge in [-0.25, -0.2) is 10.8 Å². The van der Waals surface area contributed by atoms with Crippen LogP contribution in [-0.4, -0.2) is 22.8 Å². The lowest BCUT2D eigenvalue weighted by atomic mass is 10.1. The van der Waals surface area contributed by atoms with E-state index in [-0.39, 0.29) is 5.91 Å². The van der Waals surface area contributed by atoms with Gasteiger partial charge in [0.2, 0.25) is 0 Å². The molecule has 0 saturated carbocycles. The molecule has 106 valence electrons. The first-order valence-electron chi connectivity index (χ1n) is 6.28. The normalized spacial score (nSPS) is 10.8. The molecule has 3 N–H and O–H groups in total. The summed E-state index contributed by atoms with van der Waals surface area (Å²) in [6, 6.07) is 7.46. The SMILES string of the molecule is Cc1nc(CN(C)Cc2cccc(C(=O)NN)c2)cs1. The minimum absolute atomic E-state index is 0.273. The second kappa shape index (κ2) is 6.60. The fourth-order valence-electron chi connectivity index (χ4n) is 2.02. The van der Waals surface area contributed by atoms with Crippen molar-refractivity contribution in [2.24, 2.45) is 5.84 Å². The van der Waals surface area contributed by atoms with Gasteiger partial charge in [-0.2, -0.15) is 0 Å². The second-order valence-electron chi connectivity index (χ2n) is 4.70. The summed E-state index contributed by atoms with van der Waals surface area (Å²) in [6.45, 7) is 3.54. The third kappa shape index (κ3) is 3.86. The summed E-state index contributed by atoms with van der Waals surface area (Å²) in [6.07, 6.45) is 0. The molecule has 1 aromatic heterocycles. The molecule has 0 aliphatic heterocycles. The van der Waals surface area contributed by atoms with E-state index >= 15 is 0 Å². The van der Waals surface area contributed by atoms with E-state index in [0.29, 0.717) is 5.56 Å². The Kier molecular flexibility index (Phi) is 4.84. The van der Waals surface area contributed by atoms with Gasteiger partial charge in [-0.15, -0.1) is 11.3 Å². The predicted molar refractivity (Wildman–Crippen MR) is 80.1 cm³/mol. The molecule has 6 heteroatoms. The molecular formula is C14H18N4OS. The zero-order valence-electron chi connectivity index (χ0n) is 11.6. The van der Waals surface area contributed by atoms with Gasteiger partial charge in [0.1, 0.15) is 0 Å². The maximum atomic E-state index is 11.5. The molecule has 0 atom stereocenters. The molecule has 1 amide bonds. The molecule has 2 aromatic rings. The minimum Gasteiger partial charge on any atom is -0.296 e. The number of carbonyl (C=O) groups excluding carboxylic acids is 1. The van der Waals surface area contributed by atoms with Crippen molar-refractivity contribution in [3.8, 4) is 0 Å². The number of nitrogens with zero attached hydrogens (tertiary/aromatic N) is 2. The summed E-state index contributed by atoms with van der Waals surface area (Å²) in [7, 11) is 2.03. The topological polar surface area (TPSA) is 71.2 Å². The zero-order chi connectivity index (χ0) is 14.5. The molecule has 2 rings (SSSR count). The Bertz CT molecular complexity index is 596. The highest BCUT2D eigenvalue weighted by atomic mass is 32.1. The Morgan fingerprint density at radius 2 is 2.25 bits per heavy atom. The lowest BCUT2D eigenvalue weighted by molar-refractivity contribution is 0.0953. The number of aryl methyl sites for hydroxylation is 1. The molecule has 0 aliphatic rings. The van der Waals surface area contributed by atoms with Crippen molar-refractivity contribution < 1.29 is 4.79 Å². The second-order valence-corrected chi connectivity index (χ2v) is 5.77. The summed E-state index contributed by atoms with van der Waals surface area (Å²) >= 11 is 1.66. The summed E-state index contributed by atoms with van der Waals surface area (Å²) in [5.41, 5.74) is 4.86. The van der Waals surface area contributed by atoms with Gasteiger partial charge in [-0.05, 0) is 31.7 Å². The van der Waals surface area contributed by atoms with Crippen LogP contribution >= 0.6 is 11.3 Å². The van der Waals surface area contributed by atoms with Gasteiger partial charge >= 0.3 is 0 Å². The smallest absolute Gasteiger partial charge is 0.265 e. The summed E-state index contributed by atoms with van der Waals surface area (Å²) in [5.74, 6) is 4.87. The van der Waals surface area contributed by atoms with Crippen LogP contribution in [0.4, 0.5) is 0 Å². The van der Waals surface area contributed by atoms with Crippen molar-refractivity contribution in [2.75, 3.05) is 7.05 Å². The highest BCUT2D eigenvalue weighted by Gasteiger charge is 2.07. The van der Waals surface area contributed by atoms with Crippen LogP contribution in [0.25, 0.3) is 0 Å². The van der Waals surface area contributed by atoms with E-state index in [0.717, 1.165) is 29.4 Å². The average molecular weight is 290 g/mol. The van der Waals surface area contributed by atoms with Gasteiger partial charge in [-0.1, -0.05) is 12.1 Å². The van der Waals surface area contributed by atoms with E-state index < -0.39 is 0 Å². The van der Waals surface area contributed by atoms with Crippen LogP contribution in [0.5, 0.6) is 0 Å². The standard InChI is InChI=1S/C14H18N4OS/c1-10-16-13(9-20-10)8-18(2)7-11-4-3-5-12(6-11)14(19)17-15/h3-6,9H,7-8,15H2,1-2H3,(H,17,19). The number of nitrogen functional groups attached to an aromatic ring is 1. The maximum Gasteiger partial charge on any atom is 0.265 e. The van der Waals surface area contributed by atoms with Crippen LogP contribution in [0.1, 0.15) is 26.6 Å². The Morgan fingerprint density at radius 3 is 2.90 bits per heavy atom. The quantitative estimate of drug-likeness (QED) is 0.499. The van der Waals surface area contributed by atoms with E-state index in [2.05, 4.69) is 20.7 Å². The Balaban J connectivity index is 2.00. The molecule has 5 nitrogen and oxygen atoms in total. The molecule has 0 saturated heterocycles. The van der Waals surface area contributed by atoms with Crippen LogP contribution in [0, 0.1) is 6.92 Å². The van der Waals surface area contributed by atoms with Gasteiger partial charge in [0, 0.05) is 24.0 Å². The third-order valence-corrected chi connectivity index (χ3v) is 3.69. The largest absolute Gasteiger partial charge is 0.296 e. The molecule has 1 aromatic carbocycles. The van der Waals surface area contributed by atoms with E-state index in [1.807, 2.05) is 32.2 Å². The number of amides is 1. The van der Waals surface area contributed by atoms with Crippen molar-refractivity contribution in [3.05, 3.63) is 51.5 Å². The first-order chi connectivity index (χ1) is 9.58. The van der Waals surface area contributed by atoms with Crippen LogP contribution in [0.3, 0.4) is 0 Å². The Labute approximate surface area is 122 Å². The van der Waals surface area contributed by atoms with E-state index in [4.69, 9.17) is 5.84 Å². The lowest BCUT2D eigenvalue weighted by Gasteiger charge is -2.15. The lowest BCUT2D eigenvalue weighted by Crippen LogP contribution is -2.30. The molecule has 0 bridgehead atoms. The van der Waals surface area contributed by atoms with Gasteiger partial charge < -0.3 is 0 Å². The van der Waals surface area contributed by atoms with Crippen molar-refractivity contribution in [1.82, 2.24) is 15.3 Å². The number of aromatic nitrogens is 1. The zero-order valence-corrected chi connectivity index (χ0v) is 12.4. The monoisotopic (exact) mass is 290 g/mol. The van der Waals surface area contributed by atoms with Crippen LogP contribution in [-0.2, 0) is 13.1 Å². The Morgan fingerprint density at radius 1 is 1.45 bits per heavy atom. The molecule has 0 spiro atoms. The number of hydrogen-bond acceptors (Lipinski definition) is 5. The average Bonchev–Trinajstić information content (AvgIpc) is 2.83. The van der Waals surface area contributed by atoms with E-state index in [9.17, 15) is 4.79 Å². The number of nitrogens with two attached hydrogens (primary N) is 1. The van der Waals surface area contributed by atoms with Crippen molar-refractivity contribution in [1.29, 1.82) is 0 Å². The molecule has 0 fully saturated rings. The molecule has 20 heavy (non-hydrogen) atoms. The number of thiazole rings is 1. The number of rotatable bonds is 5. The highest BCUT2D eigenvalue weighted by Crippen LogP contribution is 2.12. The van der Waals surface area contributed by atoms with Gasteiger partial charge in [0.15, 0.2) is 0 Å². The molecule has 0 unspecified atom stereocenters. The highest BCUT2D eigenvalue weighted by molar-refractivity contribution is 7.09. The van der Waals surface area contributed by atoms with E-state index in [1.54, 1.807) is 17.4 Å². The van der Waals surface area contributed by atoms with Gasteiger partial charge in [-0.3, -0.25) is 15.1 Å². The first-order valence-corrected chi connectivity index (χ1v) is 7.16. The van der Waals surface area contributed by atoms with E-state index in [1.165, 1.54) is 0 Å². The van der Waals surface area contributed by atoms with Crippen molar-refractivity contribution in [3.63, 3.8) is 0 Å². The fourth-order valence-corrected chi connectivity index (χ4v) is 2.62. The van der Waals surface area contributed by atoms with Crippen LogP contribution in [0.15, 0.2) is 29.6 Å². The summed E-state index contributed by atoms with van der Waals surface area (Å²) < 4.78 is 0. The molecule has 1 heterocycles. The fraction of sp³-hybridized carbons (Fsp3) is 0.286. The molecule has 0 radical (unpaired) electrons. The predicted octanol–water partition coefficient (Wildman–Crippen LogP) is 1.69. The summed E-state index contributed by atoms with van der Waals surface area (Å²) in [5, 5.41) is 3.15. The molecular weight excluding hydrogens is 272 g/mol. The van der Waals surface area contributed by atoms with Gasteiger partial charge in [0.05, 0.1) is 10.7 Å². The molecule has 0 aliphatic carbocycles. The van der Waals surface area contributed by atoms with Crippen molar-refractivity contribution in [2.45, 2.75) is 20.0 Å². The maximum absolute atomic E-state index is 11.5. The number of benzene rings is 1.